The molecule has 26 heavy (non-hydrogen) atoms. The Hall–Kier alpha value is -2.99. The van der Waals surface area contributed by atoms with Gasteiger partial charge >= 0.3 is 0 Å². The second kappa shape index (κ2) is 8.40. The van der Waals surface area contributed by atoms with Crippen molar-refractivity contribution in [2.75, 3.05) is 11.9 Å². The predicted molar refractivity (Wildman–Crippen MR) is 99.2 cm³/mol. The zero-order valence-corrected chi connectivity index (χ0v) is 14.5. The number of benzene rings is 2. The fourth-order valence-electron chi connectivity index (χ4n) is 2.30. The Balaban J connectivity index is 1.52. The number of halogens is 2. The number of carbonyl (C=O) groups excluding carboxylic acids is 1. The molecule has 0 atom stereocenters. The van der Waals surface area contributed by atoms with Gasteiger partial charge in [-0.15, -0.1) is 10.2 Å². The van der Waals surface area contributed by atoms with Gasteiger partial charge in [0.15, 0.2) is 11.5 Å². The summed E-state index contributed by atoms with van der Waals surface area (Å²) in [6.45, 7) is 0.469. The molecule has 0 bridgehead atoms. The molecule has 0 saturated heterocycles. The van der Waals surface area contributed by atoms with Gasteiger partial charge in [-0.05, 0) is 60.5 Å². The molecule has 5 nitrogen and oxygen atoms in total. The fraction of sp³-hybridized carbons (Fsp3) is 0.105. The number of nitrogens with zero attached hydrogens (tertiary/aromatic N) is 2. The molecule has 0 spiro atoms. The second-order valence-electron chi connectivity index (χ2n) is 5.57. The molecule has 3 rings (SSSR count). The molecule has 0 fully saturated rings. The van der Waals surface area contributed by atoms with Crippen LogP contribution in [0.15, 0.2) is 60.7 Å². The predicted octanol–water partition coefficient (Wildman–Crippen LogP) is 3.99. The van der Waals surface area contributed by atoms with Crippen molar-refractivity contribution in [2.24, 2.45) is 0 Å². The minimum Gasteiger partial charge on any atom is -0.350 e. The maximum absolute atomic E-state index is 12.9. The van der Waals surface area contributed by atoms with Crippen molar-refractivity contribution in [3.8, 4) is 0 Å². The van der Waals surface area contributed by atoms with E-state index in [0.29, 0.717) is 29.5 Å². The van der Waals surface area contributed by atoms with Crippen molar-refractivity contribution in [1.29, 1.82) is 0 Å². The van der Waals surface area contributed by atoms with Crippen LogP contribution in [-0.2, 0) is 6.42 Å². The van der Waals surface area contributed by atoms with Crippen LogP contribution >= 0.6 is 11.6 Å². The van der Waals surface area contributed by atoms with Gasteiger partial charge in [-0.3, -0.25) is 4.79 Å². The molecule has 2 aromatic carbocycles. The lowest BCUT2D eigenvalue weighted by Gasteiger charge is -2.07. The largest absolute Gasteiger partial charge is 0.350 e. The smallest absolute Gasteiger partial charge is 0.271 e. The van der Waals surface area contributed by atoms with E-state index in [1.807, 2.05) is 18.2 Å². The summed E-state index contributed by atoms with van der Waals surface area (Å²) in [5.41, 5.74) is 1.95. The van der Waals surface area contributed by atoms with Crippen molar-refractivity contribution in [1.82, 2.24) is 15.5 Å². The van der Waals surface area contributed by atoms with Crippen LogP contribution in [0.3, 0.4) is 0 Å². The van der Waals surface area contributed by atoms with Gasteiger partial charge in [0, 0.05) is 17.3 Å². The molecule has 1 amide bonds. The van der Waals surface area contributed by atoms with Crippen molar-refractivity contribution < 1.29 is 9.18 Å². The monoisotopic (exact) mass is 370 g/mol. The minimum atomic E-state index is -0.313. The second-order valence-corrected chi connectivity index (χ2v) is 6.01. The number of rotatable bonds is 6. The molecule has 0 unspecified atom stereocenters. The van der Waals surface area contributed by atoms with E-state index in [4.69, 9.17) is 11.6 Å². The Morgan fingerprint density at radius 1 is 1.04 bits per heavy atom. The molecular weight excluding hydrogens is 355 g/mol. The summed E-state index contributed by atoms with van der Waals surface area (Å²) in [6.07, 6.45) is 0.671. The highest BCUT2D eigenvalue weighted by atomic mass is 35.5. The van der Waals surface area contributed by atoms with E-state index in [0.717, 1.165) is 5.56 Å². The van der Waals surface area contributed by atoms with Crippen LogP contribution in [0.4, 0.5) is 15.9 Å². The van der Waals surface area contributed by atoms with Gasteiger partial charge in [0.05, 0.1) is 0 Å². The molecule has 7 heteroatoms. The van der Waals surface area contributed by atoms with Crippen molar-refractivity contribution in [3.05, 3.63) is 82.8 Å². The van der Waals surface area contributed by atoms with Crippen molar-refractivity contribution >= 4 is 29.0 Å². The van der Waals surface area contributed by atoms with E-state index in [1.165, 1.54) is 12.1 Å². The minimum absolute atomic E-state index is 0.223. The van der Waals surface area contributed by atoms with E-state index in [2.05, 4.69) is 20.8 Å². The summed E-state index contributed by atoms with van der Waals surface area (Å²) in [6, 6.07) is 16.6. The maximum atomic E-state index is 12.9. The molecular formula is C19H16ClFN4O. The van der Waals surface area contributed by atoms with Gasteiger partial charge in [0.2, 0.25) is 0 Å². The zero-order chi connectivity index (χ0) is 18.4. The number of carbonyl (C=O) groups is 1. The summed E-state index contributed by atoms with van der Waals surface area (Å²) in [7, 11) is 0. The highest BCUT2D eigenvalue weighted by molar-refractivity contribution is 6.30. The maximum Gasteiger partial charge on any atom is 0.271 e. The summed E-state index contributed by atoms with van der Waals surface area (Å²) in [5, 5.41) is 14.3. The Morgan fingerprint density at radius 3 is 2.54 bits per heavy atom. The molecule has 0 radical (unpaired) electrons. The zero-order valence-electron chi connectivity index (χ0n) is 13.7. The standard InChI is InChI=1S/C19H16ClFN4O/c20-14-3-1-2-13(12-14)10-11-22-19(26)17-8-9-18(25-24-17)23-16-6-4-15(21)5-7-16/h1-9,12H,10-11H2,(H,22,26)(H,23,25). The number of nitrogens with one attached hydrogen (secondary N) is 2. The normalized spacial score (nSPS) is 10.4. The van der Waals surface area contributed by atoms with Gasteiger partial charge in [-0.1, -0.05) is 23.7 Å². The number of hydrogen-bond acceptors (Lipinski definition) is 4. The average Bonchev–Trinajstić information content (AvgIpc) is 2.64. The molecule has 0 aliphatic rings. The third kappa shape index (κ3) is 5.00. The van der Waals surface area contributed by atoms with Crippen LogP contribution < -0.4 is 10.6 Å². The van der Waals surface area contributed by atoms with E-state index < -0.39 is 0 Å². The lowest BCUT2D eigenvalue weighted by atomic mass is 10.1. The first kappa shape index (κ1) is 17.8. The van der Waals surface area contributed by atoms with Gasteiger partial charge in [0.25, 0.3) is 5.91 Å². The van der Waals surface area contributed by atoms with Gasteiger partial charge < -0.3 is 10.6 Å². The Morgan fingerprint density at radius 2 is 1.85 bits per heavy atom. The number of amides is 1. The molecule has 0 saturated carbocycles. The molecule has 1 aromatic heterocycles. The molecule has 132 valence electrons. The summed E-state index contributed by atoms with van der Waals surface area (Å²) < 4.78 is 12.9. The highest BCUT2D eigenvalue weighted by Crippen LogP contribution is 2.14. The van der Waals surface area contributed by atoms with E-state index in [-0.39, 0.29) is 17.4 Å². The van der Waals surface area contributed by atoms with Crippen molar-refractivity contribution in [2.45, 2.75) is 6.42 Å². The number of anilines is 2. The molecule has 0 aliphatic carbocycles. The van der Waals surface area contributed by atoms with Crippen LogP contribution in [-0.4, -0.2) is 22.6 Å². The quantitative estimate of drug-likeness (QED) is 0.688. The Bertz CT molecular complexity index is 885. The highest BCUT2D eigenvalue weighted by Gasteiger charge is 2.08. The van der Waals surface area contributed by atoms with Gasteiger partial charge in [0.1, 0.15) is 5.82 Å². The summed E-state index contributed by atoms with van der Waals surface area (Å²) >= 11 is 5.93. The molecule has 3 aromatic rings. The van der Waals surface area contributed by atoms with E-state index in [1.54, 1.807) is 30.3 Å². The van der Waals surface area contributed by atoms with Crippen LogP contribution in [0.25, 0.3) is 0 Å². The van der Waals surface area contributed by atoms with Gasteiger partial charge in [-0.25, -0.2) is 4.39 Å². The van der Waals surface area contributed by atoms with Crippen LogP contribution in [0, 0.1) is 5.82 Å². The summed E-state index contributed by atoms with van der Waals surface area (Å²) in [5.74, 6) is -0.147. The van der Waals surface area contributed by atoms with Crippen molar-refractivity contribution in [3.63, 3.8) is 0 Å². The van der Waals surface area contributed by atoms with Crippen LogP contribution in [0.2, 0.25) is 5.02 Å². The van der Waals surface area contributed by atoms with Gasteiger partial charge in [-0.2, -0.15) is 0 Å². The van der Waals surface area contributed by atoms with E-state index in [9.17, 15) is 9.18 Å². The fourth-order valence-corrected chi connectivity index (χ4v) is 2.52. The first-order chi connectivity index (χ1) is 12.6. The molecule has 0 aliphatic heterocycles. The number of aromatic nitrogens is 2. The lowest BCUT2D eigenvalue weighted by Crippen LogP contribution is -2.26. The first-order valence-electron chi connectivity index (χ1n) is 7.99. The third-order valence-corrected chi connectivity index (χ3v) is 3.84. The average molecular weight is 371 g/mol. The topological polar surface area (TPSA) is 66.9 Å². The SMILES string of the molecule is O=C(NCCc1cccc(Cl)c1)c1ccc(Nc2ccc(F)cc2)nn1. The first-order valence-corrected chi connectivity index (χ1v) is 8.37. The molecule has 2 N–H and O–H groups in total. The Kier molecular flexibility index (Phi) is 5.76. The Labute approximate surface area is 155 Å². The van der Waals surface area contributed by atoms with E-state index >= 15 is 0 Å². The summed E-state index contributed by atoms with van der Waals surface area (Å²) in [4.78, 5) is 12.1. The van der Waals surface area contributed by atoms with Crippen LogP contribution in [0.5, 0.6) is 0 Å². The third-order valence-electron chi connectivity index (χ3n) is 3.60. The lowest BCUT2D eigenvalue weighted by molar-refractivity contribution is 0.0948. The molecule has 1 heterocycles. The number of hydrogen-bond donors (Lipinski definition) is 2. The van der Waals surface area contributed by atoms with Crippen LogP contribution in [0.1, 0.15) is 16.1 Å².